The average Bonchev–Trinajstić information content (AvgIpc) is 2.99. The fraction of sp³-hybridized carbons (Fsp3) is 1.00. The van der Waals surface area contributed by atoms with E-state index in [0.717, 1.165) is 19.0 Å². The molecule has 0 aromatic heterocycles. The van der Waals surface area contributed by atoms with Gasteiger partial charge in [0, 0.05) is 11.9 Å². The second-order valence-electron chi connectivity index (χ2n) is 4.47. The lowest BCUT2D eigenvalue weighted by Gasteiger charge is -2.09. The van der Waals surface area contributed by atoms with Gasteiger partial charge in [-0.1, -0.05) is 32.6 Å². The van der Waals surface area contributed by atoms with Crippen molar-refractivity contribution in [2.75, 3.05) is 13.1 Å². The Morgan fingerprint density at radius 1 is 1.21 bits per heavy atom. The van der Waals surface area contributed by atoms with Gasteiger partial charge in [0.2, 0.25) is 0 Å². The summed E-state index contributed by atoms with van der Waals surface area (Å²) in [5, 5.41) is 3.85. The molecule has 0 spiro atoms. The summed E-state index contributed by atoms with van der Waals surface area (Å²) >= 11 is 6.18. The first-order valence-electron chi connectivity index (χ1n) is 6.19. The molecule has 1 aliphatic rings. The molecule has 1 atom stereocenters. The Morgan fingerprint density at radius 3 is 2.57 bits per heavy atom. The molecule has 1 nitrogen and oxygen atoms in total. The quantitative estimate of drug-likeness (QED) is 0.460. The Hall–Kier alpha value is 0.250. The number of rotatable bonds is 9. The normalized spacial score (nSPS) is 18.4. The number of nitrogens with one attached hydrogen (secondary N) is 1. The summed E-state index contributed by atoms with van der Waals surface area (Å²) in [5.41, 5.74) is 0. The van der Waals surface area contributed by atoms with E-state index < -0.39 is 0 Å². The molecule has 14 heavy (non-hydrogen) atoms. The average molecular weight is 218 g/mol. The van der Waals surface area contributed by atoms with Gasteiger partial charge < -0.3 is 5.32 Å². The van der Waals surface area contributed by atoms with Crippen LogP contribution in [0.15, 0.2) is 0 Å². The highest BCUT2D eigenvalue weighted by Crippen LogP contribution is 2.35. The van der Waals surface area contributed by atoms with Crippen molar-refractivity contribution < 1.29 is 0 Å². The second kappa shape index (κ2) is 7.53. The van der Waals surface area contributed by atoms with Crippen LogP contribution in [0.4, 0.5) is 0 Å². The second-order valence-corrected chi connectivity index (χ2v) is 5.03. The predicted molar refractivity (Wildman–Crippen MR) is 64.0 cm³/mol. The molecule has 1 N–H and O–H groups in total. The van der Waals surface area contributed by atoms with Gasteiger partial charge in [-0.2, -0.15) is 0 Å². The number of hydrogen-bond donors (Lipinski definition) is 1. The van der Waals surface area contributed by atoms with Crippen molar-refractivity contribution in [2.45, 2.75) is 57.2 Å². The highest BCUT2D eigenvalue weighted by Gasteiger charge is 2.28. The van der Waals surface area contributed by atoms with Gasteiger partial charge >= 0.3 is 0 Å². The molecule has 0 aromatic carbocycles. The van der Waals surface area contributed by atoms with Crippen LogP contribution in [-0.4, -0.2) is 18.5 Å². The lowest BCUT2D eigenvalue weighted by molar-refractivity contribution is 0.564. The topological polar surface area (TPSA) is 12.0 Å². The lowest BCUT2D eigenvalue weighted by atomic mass is 10.1. The van der Waals surface area contributed by atoms with Crippen LogP contribution in [0.1, 0.15) is 51.9 Å². The smallest absolute Gasteiger partial charge is 0.0488 e. The monoisotopic (exact) mass is 217 g/mol. The Kier molecular flexibility index (Phi) is 6.63. The van der Waals surface area contributed by atoms with Gasteiger partial charge in [-0.05, 0) is 31.7 Å². The van der Waals surface area contributed by atoms with E-state index >= 15 is 0 Å². The summed E-state index contributed by atoms with van der Waals surface area (Å²) in [6.07, 6.45) is 9.51. The van der Waals surface area contributed by atoms with Crippen LogP contribution in [0.5, 0.6) is 0 Å². The van der Waals surface area contributed by atoms with E-state index in [1.807, 2.05) is 0 Å². The number of alkyl halides is 1. The van der Waals surface area contributed by atoms with Gasteiger partial charge in [0.25, 0.3) is 0 Å². The van der Waals surface area contributed by atoms with E-state index in [4.69, 9.17) is 11.6 Å². The van der Waals surface area contributed by atoms with Crippen LogP contribution >= 0.6 is 11.6 Å². The zero-order chi connectivity index (χ0) is 10.2. The lowest BCUT2D eigenvalue weighted by Crippen LogP contribution is -2.25. The molecule has 2 heteroatoms. The SMILES string of the molecule is CCCCCCCNCC(Cl)C1CC1. The summed E-state index contributed by atoms with van der Waals surface area (Å²) in [6, 6.07) is 0. The number of unbranched alkanes of at least 4 members (excludes halogenated alkanes) is 4. The molecular weight excluding hydrogens is 194 g/mol. The van der Waals surface area contributed by atoms with Crippen molar-refractivity contribution in [1.82, 2.24) is 5.32 Å². The van der Waals surface area contributed by atoms with Gasteiger partial charge in [-0.3, -0.25) is 0 Å². The van der Waals surface area contributed by atoms with Crippen LogP contribution in [-0.2, 0) is 0 Å². The Morgan fingerprint density at radius 2 is 1.93 bits per heavy atom. The standard InChI is InChI=1S/C12H24ClN/c1-2-3-4-5-6-9-14-10-12(13)11-7-8-11/h11-12,14H,2-10H2,1H3. The third kappa shape index (κ3) is 5.87. The Bertz CT molecular complexity index is 134. The fourth-order valence-electron chi connectivity index (χ4n) is 1.72. The maximum atomic E-state index is 6.18. The summed E-state index contributed by atoms with van der Waals surface area (Å²) in [4.78, 5) is 0. The van der Waals surface area contributed by atoms with Gasteiger partial charge in [0.05, 0.1) is 0 Å². The van der Waals surface area contributed by atoms with E-state index in [9.17, 15) is 0 Å². The van der Waals surface area contributed by atoms with Crippen LogP contribution in [0.25, 0.3) is 0 Å². The molecule has 1 unspecified atom stereocenters. The van der Waals surface area contributed by atoms with E-state index in [-0.39, 0.29) is 0 Å². The summed E-state index contributed by atoms with van der Waals surface area (Å²) in [6.45, 7) is 4.42. The Labute approximate surface area is 93.6 Å². The number of halogens is 1. The van der Waals surface area contributed by atoms with Crippen molar-refractivity contribution in [2.24, 2.45) is 5.92 Å². The highest BCUT2D eigenvalue weighted by atomic mass is 35.5. The van der Waals surface area contributed by atoms with Crippen molar-refractivity contribution in [3.63, 3.8) is 0 Å². The first-order valence-corrected chi connectivity index (χ1v) is 6.63. The van der Waals surface area contributed by atoms with Crippen LogP contribution in [0.3, 0.4) is 0 Å². The molecular formula is C12H24ClN. The first-order chi connectivity index (χ1) is 6.84. The minimum absolute atomic E-state index is 0.394. The highest BCUT2D eigenvalue weighted by molar-refractivity contribution is 6.21. The maximum Gasteiger partial charge on any atom is 0.0488 e. The van der Waals surface area contributed by atoms with Gasteiger partial charge in [-0.25, -0.2) is 0 Å². The van der Waals surface area contributed by atoms with Crippen molar-refractivity contribution in [1.29, 1.82) is 0 Å². The molecule has 0 heterocycles. The van der Waals surface area contributed by atoms with E-state index in [2.05, 4.69) is 12.2 Å². The van der Waals surface area contributed by atoms with Crippen LogP contribution in [0.2, 0.25) is 0 Å². The molecule has 1 fully saturated rings. The minimum atomic E-state index is 0.394. The molecule has 0 radical (unpaired) electrons. The Balaban J connectivity index is 1.75. The van der Waals surface area contributed by atoms with Crippen LogP contribution < -0.4 is 5.32 Å². The van der Waals surface area contributed by atoms with Crippen LogP contribution in [0, 0.1) is 5.92 Å². The van der Waals surface area contributed by atoms with Crippen molar-refractivity contribution in [3.05, 3.63) is 0 Å². The van der Waals surface area contributed by atoms with Gasteiger partial charge in [0.1, 0.15) is 0 Å². The molecule has 1 rings (SSSR count). The van der Waals surface area contributed by atoms with Crippen molar-refractivity contribution in [3.8, 4) is 0 Å². The molecule has 0 bridgehead atoms. The molecule has 1 saturated carbocycles. The largest absolute Gasteiger partial charge is 0.315 e. The third-order valence-corrected chi connectivity index (χ3v) is 3.44. The minimum Gasteiger partial charge on any atom is -0.315 e. The zero-order valence-corrected chi connectivity index (χ0v) is 10.2. The zero-order valence-electron chi connectivity index (χ0n) is 9.40. The van der Waals surface area contributed by atoms with Crippen molar-refractivity contribution >= 4 is 11.6 Å². The molecule has 0 amide bonds. The molecule has 0 saturated heterocycles. The molecule has 1 aliphatic carbocycles. The summed E-state index contributed by atoms with van der Waals surface area (Å²) in [7, 11) is 0. The van der Waals surface area contributed by atoms with E-state index in [1.165, 1.54) is 44.9 Å². The van der Waals surface area contributed by atoms with E-state index in [1.54, 1.807) is 0 Å². The maximum absolute atomic E-state index is 6.18. The third-order valence-electron chi connectivity index (χ3n) is 2.93. The molecule has 0 aromatic rings. The number of hydrogen-bond acceptors (Lipinski definition) is 1. The molecule has 84 valence electrons. The fourth-order valence-corrected chi connectivity index (χ4v) is 2.08. The van der Waals surface area contributed by atoms with Gasteiger partial charge in [-0.15, -0.1) is 11.6 Å². The summed E-state index contributed by atoms with van der Waals surface area (Å²) < 4.78 is 0. The predicted octanol–water partition coefficient (Wildman–Crippen LogP) is 3.56. The first kappa shape index (κ1) is 12.3. The summed E-state index contributed by atoms with van der Waals surface area (Å²) in [5.74, 6) is 0.823. The molecule has 0 aliphatic heterocycles. The van der Waals surface area contributed by atoms with Gasteiger partial charge in [0.15, 0.2) is 0 Å². The van der Waals surface area contributed by atoms with E-state index in [0.29, 0.717) is 5.38 Å².